The molecule has 0 saturated heterocycles. The zero-order chi connectivity index (χ0) is 19.4. The molecule has 27 heavy (non-hydrogen) atoms. The maximum atomic E-state index is 13.2. The number of pyridine rings is 1. The van der Waals surface area contributed by atoms with Gasteiger partial charge in [-0.1, -0.05) is 12.1 Å². The number of primary sulfonamides is 1. The van der Waals surface area contributed by atoms with Crippen molar-refractivity contribution in [2.24, 2.45) is 5.14 Å². The molecule has 0 aliphatic carbocycles. The molecular weight excluding hydrogens is 366 g/mol. The van der Waals surface area contributed by atoms with Gasteiger partial charge in [0.15, 0.2) is 0 Å². The minimum Gasteiger partial charge on any atom is -0.467 e. The molecule has 2 heterocycles. The van der Waals surface area contributed by atoms with Gasteiger partial charge in [-0.25, -0.2) is 13.6 Å². The van der Waals surface area contributed by atoms with Gasteiger partial charge in [-0.2, -0.15) is 0 Å². The summed E-state index contributed by atoms with van der Waals surface area (Å²) in [5.41, 5.74) is 1.62. The van der Waals surface area contributed by atoms with Crippen molar-refractivity contribution in [2.75, 3.05) is 0 Å². The quantitative estimate of drug-likeness (QED) is 0.701. The number of carbonyl (C=O) groups excluding carboxylic acids is 1. The zero-order valence-corrected chi connectivity index (χ0v) is 15.5. The molecule has 3 rings (SSSR count). The van der Waals surface area contributed by atoms with Crippen LogP contribution in [0.2, 0.25) is 0 Å². The van der Waals surface area contributed by atoms with Gasteiger partial charge in [0.05, 0.1) is 29.9 Å². The van der Waals surface area contributed by atoms with Crippen LogP contribution in [0.4, 0.5) is 0 Å². The molecule has 7 nitrogen and oxygen atoms in total. The second kappa shape index (κ2) is 7.73. The number of sulfonamides is 1. The summed E-state index contributed by atoms with van der Waals surface area (Å²) in [6, 6.07) is 13.2. The molecule has 0 spiro atoms. The first-order valence-electron chi connectivity index (χ1n) is 8.19. The average molecular weight is 385 g/mol. The van der Waals surface area contributed by atoms with Crippen molar-refractivity contribution in [3.05, 3.63) is 83.6 Å². The third-order valence-corrected chi connectivity index (χ3v) is 4.97. The van der Waals surface area contributed by atoms with Crippen LogP contribution < -0.4 is 5.14 Å². The van der Waals surface area contributed by atoms with Gasteiger partial charge in [0, 0.05) is 11.8 Å². The second-order valence-corrected chi connectivity index (χ2v) is 7.64. The minimum absolute atomic E-state index is 0.104. The fourth-order valence-corrected chi connectivity index (χ4v) is 3.20. The van der Waals surface area contributed by atoms with Crippen molar-refractivity contribution in [2.45, 2.75) is 24.9 Å². The van der Waals surface area contributed by atoms with E-state index in [0.717, 1.165) is 0 Å². The smallest absolute Gasteiger partial charge is 0.254 e. The summed E-state index contributed by atoms with van der Waals surface area (Å²) < 4.78 is 28.7. The van der Waals surface area contributed by atoms with Gasteiger partial charge in [-0.05, 0) is 48.9 Å². The molecule has 1 amide bonds. The van der Waals surface area contributed by atoms with Gasteiger partial charge in [-0.15, -0.1) is 0 Å². The van der Waals surface area contributed by atoms with Gasteiger partial charge in [0.25, 0.3) is 5.91 Å². The molecule has 1 aromatic carbocycles. The maximum Gasteiger partial charge on any atom is 0.254 e. The third kappa shape index (κ3) is 4.60. The van der Waals surface area contributed by atoms with Crippen molar-refractivity contribution in [1.29, 1.82) is 0 Å². The number of furan rings is 1. The molecule has 0 bridgehead atoms. The van der Waals surface area contributed by atoms with Crippen LogP contribution in [-0.4, -0.2) is 24.2 Å². The van der Waals surface area contributed by atoms with Crippen molar-refractivity contribution in [3.8, 4) is 0 Å². The van der Waals surface area contributed by atoms with Crippen LogP contribution >= 0.6 is 0 Å². The first kappa shape index (κ1) is 18.8. The Balaban J connectivity index is 1.97. The molecule has 8 heteroatoms. The van der Waals surface area contributed by atoms with Gasteiger partial charge in [-0.3, -0.25) is 9.78 Å². The average Bonchev–Trinajstić information content (AvgIpc) is 3.14. The van der Waals surface area contributed by atoms with E-state index in [-0.39, 0.29) is 29.5 Å². The molecule has 0 radical (unpaired) electrons. The van der Waals surface area contributed by atoms with Gasteiger partial charge in [0.1, 0.15) is 5.76 Å². The lowest BCUT2D eigenvalue weighted by Crippen LogP contribution is -2.31. The van der Waals surface area contributed by atoms with E-state index in [4.69, 9.17) is 9.56 Å². The predicted molar refractivity (Wildman–Crippen MR) is 99.1 cm³/mol. The fraction of sp³-hybridized carbons (Fsp3) is 0.158. The number of amides is 1. The van der Waals surface area contributed by atoms with Gasteiger partial charge >= 0.3 is 0 Å². The number of aromatic nitrogens is 1. The van der Waals surface area contributed by atoms with Crippen molar-refractivity contribution >= 4 is 15.9 Å². The lowest BCUT2D eigenvalue weighted by Gasteiger charge is -2.22. The Labute approximate surface area is 157 Å². The van der Waals surface area contributed by atoms with E-state index >= 15 is 0 Å². The molecule has 0 fully saturated rings. The number of hydrogen-bond acceptors (Lipinski definition) is 5. The summed E-state index contributed by atoms with van der Waals surface area (Å²) in [5.74, 6) is 0.277. The van der Waals surface area contributed by atoms with Crippen LogP contribution in [0.15, 0.2) is 70.3 Å². The Morgan fingerprint density at radius 3 is 2.59 bits per heavy atom. The SMILES string of the molecule is Cc1ccc(S(N)(=O)=O)cc1C(=O)N(Cc1ccccn1)Cc1ccco1. The highest BCUT2D eigenvalue weighted by molar-refractivity contribution is 7.89. The number of carbonyl (C=O) groups is 1. The van der Waals surface area contributed by atoms with E-state index < -0.39 is 10.0 Å². The monoisotopic (exact) mass is 385 g/mol. The zero-order valence-electron chi connectivity index (χ0n) is 14.7. The molecule has 0 atom stereocenters. The Bertz CT molecular complexity index is 1030. The Kier molecular flexibility index (Phi) is 5.38. The number of nitrogens with zero attached hydrogens (tertiary/aromatic N) is 2. The summed E-state index contributed by atoms with van der Waals surface area (Å²) in [6.07, 6.45) is 3.18. The summed E-state index contributed by atoms with van der Waals surface area (Å²) in [4.78, 5) is 18.9. The van der Waals surface area contributed by atoms with Gasteiger partial charge in [0.2, 0.25) is 10.0 Å². The molecule has 0 unspecified atom stereocenters. The van der Waals surface area contributed by atoms with E-state index in [2.05, 4.69) is 4.98 Å². The Hall–Kier alpha value is -2.97. The summed E-state index contributed by atoms with van der Waals surface area (Å²) in [5, 5.41) is 5.21. The van der Waals surface area contributed by atoms with Crippen LogP contribution in [0, 0.1) is 6.92 Å². The Morgan fingerprint density at radius 2 is 1.96 bits per heavy atom. The van der Waals surface area contributed by atoms with Crippen LogP contribution in [0.25, 0.3) is 0 Å². The highest BCUT2D eigenvalue weighted by Gasteiger charge is 2.22. The summed E-state index contributed by atoms with van der Waals surface area (Å²) >= 11 is 0. The molecule has 0 aliphatic heterocycles. The number of nitrogens with two attached hydrogens (primary N) is 1. The minimum atomic E-state index is -3.91. The lowest BCUT2D eigenvalue weighted by atomic mass is 10.1. The molecule has 0 saturated carbocycles. The topological polar surface area (TPSA) is 106 Å². The number of benzene rings is 1. The van der Waals surface area contributed by atoms with Gasteiger partial charge < -0.3 is 9.32 Å². The Morgan fingerprint density at radius 1 is 1.15 bits per heavy atom. The molecule has 2 aromatic heterocycles. The first-order chi connectivity index (χ1) is 12.8. The fourth-order valence-electron chi connectivity index (χ4n) is 2.66. The van der Waals surface area contributed by atoms with Crippen LogP contribution in [-0.2, 0) is 23.1 Å². The third-order valence-electron chi connectivity index (χ3n) is 4.06. The highest BCUT2D eigenvalue weighted by atomic mass is 32.2. The second-order valence-electron chi connectivity index (χ2n) is 6.08. The van der Waals surface area contributed by atoms with E-state index in [9.17, 15) is 13.2 Å². The van der Waals surface area contributed by atoms with E-state index in [1.165, 1.54) is 18.4 Å². The summed E-state index contributed by atoms with van der Waals surface area (Å²) in [6.45, 7) is 2.22. The number of hydrogen-bond donors (Lipinski definition) is 1. The van der Waals surface area contributed by atoms with E-state index in [0.29, 0.717) is 17.0 Å². The van der Waals surface area contributed by atoms with E-state index in [1.807, 2.05) is 12.1 Å². The molecular formula is C19H19N3O4S. The maximum absolute atomic E-state index is 13.2. The number of rotatable bonds is 6. The largest absolute Gasteiger partial charge is 0.467 e. The molecule has 2 N–H and O–H groups in total. The normalized spacial score (nSPS) is 11.3. The van der Waals surface area contributed by atoms with Crippen LogP contribution in [0.5, 0.6) is 0 Å². The highest BCUT2D eigenvalue weighted by Crippen LogP contribution is 2.19. The molecule has 0 aliphatic rings. The van der Waals surface area contributed by atoms with Crippen LogP contribution in [0.1, 0.15) is 27.4 Å². The van der Waals surface area contributed by atoms with Crippen LogP contribution in [0.3, 0.4) is 0 Å². The predicted octanol–water partition coefficient (Wildman–Crippen LogP) is 2.47. The first-order valence-corrected chi connectivity index (χ1v) is 9.74. The number of aryl methyl sites for hydroxylation is 1. The van der Waals surface area contributed by atoms with Crippen molar-refractivity contribution in [3.63, 3.8) is 0 Å². The summed E-state index contributed by atoms with van der Waals surface area (Å²) in [7, 11) is -3.91. The lowest BCUT2D eigenvalue weighted by molar-refractivity contribution is 0.0714. The van der Waals surface area contributed by atoms with E-state index in [1.54, 1.807) is 42.3 Å². The van der Waals surface area contributed by atoms with Crippen molar-refractivity contribution < 1.29 is 17.6 Å². The molecule has 140 valence electrons. The molecule has 3 aromatic rings. The van der Waals surface area contributed by atoms with Crippen molar-refractivity contribution in [1.82, 2.24) is 9.88 Å². The standard InChI is InChI=1S/C19H19N3O4S/c1-14-7-8-17(27(20,24)25)11-18(14)19(23)22(13-16-6-4-10-26-16)12-15-5-2-3-9-21-15/h2-11H,12-13H2,1H3,(H2,20,24,25).